The Bertz CT molecular complexity index is 763. The van der Waals surface area contributed by atoms with Gasteiger partial charge in [0.25, 0.3) is 0 Å². The number of para-hydroxylation sites is 1. The van der Waals surface area contributed by atoms with Crippen molar-refractivity contribution < 1.29 is 14.6 Å². The zero-order valence-electron chi connectivity index (χ0n) is 15.1. The fourth-order valence-corrected chi connectivity index (χ4v) is 2.54. The summed E-state index contributed by atoms with van der Waals surface area (Å²) in [6.07, 6.45) is 5.49. The Hall–Kier alpha value is -2.60. The van der Waals surface area contributed by atoms with Crippen LogP contribution < -0.4 is 10.1 Å². The van der Waals surface area contributed by atoms with Crippen molar-refractivity contribution in [1.82, 2.24) is 15.1 Å². The van der Waals surface area contributed by atoms with Gasteiger partial charge in [0.1, 0.15) is 11.4 Å². The molecule has 0 saturated carbocycles. The predicted octanol–water partition coefficient (Wildman–Crippen LogP) is 1.94. The minimum atomic E-state index is -1.17. The normalized spacial score (nSPS) is 14.0. The third kappa shape index (κ3) is 5.19. The van der Waals surface area contributed by atoms with Gasteiger partial charge >= 0.3 is 0 Å². The van der Waals surface area contributed by atoms with Gasteiger partial charge in [0.15, 0.2) is 0 Å². The van der Waals surface area contributed by atoms with Crippen LogP contribution in [0, 0.1) is 0 Å². The molecule has 1 atom stereocenters. The van der Waals surface area contributed by atoms with Crippen LogP contribution in [0.3, 0.4) is 0 Å². The molecular weight excluding hydrogens is 318 g/mol. The molecule has 134 valence electrons. The number of hydrogen-bond acceptors (Lipinski definition) is 4. The Kier molecular flexibility index (Phi) is 5.98. The zero-order valence-corrected chi connectivity index (χ0v) is 15.1. The van der Waals surface area contributed by atoms with Crippen LogP contribution in [0.5, 0.6) is 5.75 Å². The van der Waals surface area contributed by atoms with Gasteiger partial charge in [-0.2, -0.15) is 5.10 Å². The first-order valence-electron chi connectivity index (χ1n) is 8.10. The topological polar surface area (TPSA) is 76.4 Å². The quantitative estimate of drug-likeness (QED) is 0.753. The molecule has 0 aliphatic carbocycles. The van der Waals surface area contributed by atoms with Gasteiger partial charge in [-0.1, -0.05) is 23.8 Å². The molecule has 25 heavy (non-hydrogen) atoms. The highest BCUT2D eigenvalue weighted by molar-refractivity contribution is 5.88. The summed E-state index contributed by atoms with van der Waals surface area (Å²) >= 11 is 0. The lowest BCUT2D eigenvalue weighted by Crippen LogP contribution is -2.37. The van der Waals surface area contributed by atoms with E-state index in [2.05, 4.69) is 10.4 Å². The molecule has 0 aliphatic rings. The average Bonchev–Trinajstić information content (AvgIpc) is 3.01. The highest BCUT2D eigenvalue weighted by Crippen LogP contribution is 2.21. The molecule has 2 aromatic rings. The van der Waals surface area contributed by atoms with E-state index in [1.54, 1.807) is 44.2 Å². The van der Waals surface area contributed by atoms with E-state index < -0.39 is 5.60 Å². The van der Waals surface area contributed by atoms with E-state index in [9.17, 15) is 9.90 Å². The Morgan fingerprint density at radius 1 is 1.44 bits per heavy atom. The number of hydrogen-bond donors (Lipinski definition) is 2. The molecule has 0 spiro atoms. The first-order chi connectivity index (χ1) is 11.8. The van der Waals surface area contributed by atoms with Gasteiger partial charge in [-0.25, -0.2) is 0 Å². The number of nitrogens with one attached hydrogen (secondary N) is 1. The maximum atomic E-state index is 12.1. The van der Waals surface area contributed by atoms with Crippen LogP contribution in [0.4, 0.5) is 0 Å². The number of amides is 1. The highest BCUT2D eigenvalue weighted by atomic mass is 16.5. The molecule has 6 nitrogen and oxygen atoms in total. The van der Waals surface area contributed by atoms with Crippen molar-refractivity contribution in [3.63, 3.8) is 0 Å². The minimum Gasteiger partial charge on any atom is -0.496 e. The number of aliphatic hydroxyl groups is 1. The van der Waals surface area contributed by atoms with Crippen LogP contribution in [-0.2, 0) is 23.9 Å². The molecule has 0 fully saturated rings. The second kappa shape index (κ2) is 7.98. The van der Waals surface area contributed by atoms with Gasteiger partial charge < -0.3 is 15.2 Å². The zero-order chi connectivity index (χ0) is 18.4. The maximum Gasteiger partial charge on any atom is 0.244 e. The van der Waals surface area contributed by atoms with E-state index in [0.717, 1.165) is 16.9 Å². The Balaban J connectivity index is 1.95. The minimum absolute atomic E-state index is 0.107. The molecule has 0 bridgehead atoms. The highest BCUT2D eigenvalue weighted by Gasteiger charge is 2.25. The molecule has 0 aliphatic heterocycles. The van der Waals surface area contributed by atoms with Crippen molar-refractivity contribution in [1.29, 1.82) is 0 Å². The molecule has 1 heterocycles. The molecular formula is C19H25N3O3. The van der Waals surface area contributed by atoms with E-state index in [0.29, 0.717) is 12.0 Å². The van der Waals surface area contributed by atoms with Crippen molar-refractivity contribution in [2.45, 2.75) is 25.9 Å². The van der Waals surface area contributed by atoms with Crippen LogP contribution in [0.2, 0.25) is 0 Å². The van der Waals surface area contributed by atoms with E-state index in [4.69, 9.17) is 4.74 Å². The van der Waals surface area contributed by atoms with Crippen LogP contribution in [-0.4, -0.2) is 34.4 Å². The number of rotatable bonds is 7. The third-order valence-corrected chi connectivity index (χ3v) is 3.97. The van der Waals surface area contributed by atoms with Crippen molar-refractivity contribution in [2.75, 3.05) is 13.7 Å². The lowest BCUT2D eigenvalue weighted by atomic mass is 9.99. The first kappa shape index (κ1) is 18.7. The maximum absolute atomic E-state index is 12.1. The summed E-state index contributed by atoms with van der Waals surface area (Å²) in [5.41, 5.74) is 1.41. The number of carbonyl (C=O) groups excluding carboxylic acids is 1. The number of aromatic nitrogens is 2. The van der Waals surface area contributed by atoms with Gasteiger partial charge in [0.2, 0.25) is 5.91 Å². The number of methoxy groups -OCH3 is 1. The second-order valence-corrected chi connectivity index (χ2v) is 6.37. The molecule has 1 amide bonds. The molecule has 0 saturated heterocycles. The van der Waals surface area contributed by atoms with Crippen LogP contribution in [0.1, 0.15) is 25.0 Å². The molecule has 1 aromatic carbocycles. The summed E-state index contributed by atoms with van der Waals surface area (Å²) in [4.78, 5) is 12.1. The van der Waals surface area contributed by atoms with Crippen LogP contribution in [0.25, 0.3) is 0 Å². The molecule has 1 aromatic heterocycles. The molecule has 0 radical (unpaired) electrons. The lowest BCUT2D eigenvalue weighted by molar-refractivity contribution is -0.117. The van der Waals surface area contributed by atoms with Gasteiger partial charge in [0, 0.05) is 24.9 Å². The Morgan fingerprint density at radius 3 is 2.80 bits per heavy atom. The van der Waals surface area contributed by atoms with Gasteiger partial charge in [-0.05, 0) is 31.9 Å². The number of benzene rings is 1. The van der Waals surface area contributed by atoms with E-state index >= 15 is 0 Å². The monoisotopic (exact) mass is 343 g/mol. The van der Waals surface area contributed by atoms with Crippen molar-refractivity contribution in [2.24, 2.45) is 7.05 Å². The van der Waals surface area contributed by atoms with E-state index in [1.165, 1.54) is 0 Å². The first-order valence-corrected chi connectivity index (χ1v) is 8.10. The summed E-state index contributed by atoms with van der Waals surface area (Å²) < 4.78 is 6.94. The number of carbonyl (C=O) groups is 1. The number of aryl methyl sites for hydroxylation is 1. The van der Waals surface area contributed by atoms with Crippen LogP contribution in [0.15, 0.2) is 48.3 Å². The summed E-state index contributed by atoms with van der Waals surface area (Å²) in [7, 11) is 3.41. The van der Waals surface area contributed by atoms with E-state index in [-0.39, 0.29) is 12.5 Å². The molecule has 2 rings (SSSR count). The van der Waals surface area contributed by atoms with Gasteiger partial charge in [-0.15, -0.1) is 0 Å². The van der Waals surface area contributed by atoms with Gasteiger partial charge in [0.05, 0.1) is 19.9 Å². The molecule has 2 N–H and O–H groups in total. The second-order valence-electron chi connectivity index (χ2n) is 6.37. The average molecular weight is 343 g/mol. The number of allylic oxidation sites excluding steroid dienone is 1. The molecule has 1 unspecified atom stereocenters. The largest absolute Gasteiger partial charge is 0.496 e. The predicted molar refractivity (Wildman–Crippen MR) is 96.2 cm³/mol. The smallest absolute Gasteiger partial charge is 0.244 e. The van der Waals surface area contributed by atoms with E-state index in [1.807, 2.05) is 31.2 Å². The fourth-order valence-electron chi connectivity index (χ4n) is 2.54. The lowest BCUT2D eigenvalue weighted by Gasteiger charge is -2.21. The van der Waals surface area contributed by atoms with Crippen molar-refractivity contribution in [3.8, 4) is 5.75 Å². The standard InChI is InChI=1S/C19H25N3O3/c1-14(9-15-7-5-6-8-17(15)25-4)10-18(23)20-13-19(2,24)16-11-21-22(3)12-16/h5-8,10-12,24H,9,13H2,1-4H3,(H,20,23). The number of ether oxygens (including phenoxy) is 1. The Labute approximate surface area is 148 Å². The summed E-state index contributed by atoms with van der Waals surface area (Å²) in [5.74, 6) is 0.562. The molecule has 6 heteroatoms. The summed E-state index contributed by atoms with van der Waals surface area (Å²) in [6, 6.07) is 7.72. The summed E-state index contributed by atoms with van der Waals surface area (Å²) in [5, 5.41) is 17.3. The SMILES string of the molecule is COc1ccccc1CC(C)=CC(=O)NCC(C)(O)c1cnn(C)c1. The fraction of sp³-hybridized carbons (Fsp3) is 0.368. The van der Waals surface area contributed by atoms with Gasteiger partial charge in [-0.3, -0.25) is 9.48 Å². The third-order valence-electron chi connectivity index (χ3n) is 3.97. The van der Waals surface area contributed by atoms with Crippen molar-refractivity contribution >= 4 is 5.91 Å². The van der Waals surface area contributed by atoms with Crippen LogP contribution >= 0.6 is 0 Å². The summed E-state index contributed by atoms with van der Waals surface area (Å²) in [6.45, 7) is 3.65. The Morgan fingerprint density at radius 2 is 2.16 bits per heavy atom. The number of nitrogens with zero attached hydrogens (tertiary/aromatic N) is 2. The van der Waals surface area contributed by atoms with Crippen molar-refractivity contribution in [3.05, 3.63) is 59.4 Å².